The molecule has 250 valence electrons. The third kappa shape index (κ3) is 5.53. The molecule has 0 radical (unpaired) electrons. The number of aliphatic hydroxyl groups excluding tert-OH is 6. The van der Waals surface area contributed by atoms with E-state index in [4.69, 9.17) is 14.2 Å². The Morgan fingerprint density at radius 3 is 2.21 bits per heavy atom. The maximum Gasteiger partial charge on any atom is 0.186 e. The first-order valence-corrected chi connectivity index (χ1v) is 16.7. The van der Waals surface area contributed by atoms with Crippen LogP contribution in [0.3, 0.4) is 0 Å². The second-order valence-corrected chi connectivity index (χ2v) is 15.8. The van der Waals surface area contributed by atoms with Crippen LogP contribution in [0.25, 0.3) is 0 Å². The predicted octanol–water partition coefficient (Wildman–Crippen LogP) is 1.58. The largest absolute Gasteiger partial charge is 0.393 e. The summed E-state index contributed by atoms with van der Waals surface area (Å²) in [5, 5.41) is 78.4. The van der Waals surface area contributed by atoms with Gasteiger partial charge in [-0.05, 0) is 79.4 Å². The highest BCUT2D eigenvalue weighted by Crippen LogP contribution is 2.70. The van der Waals surface area contributed by atoms with E-state index in [0.29, 0.717) is 19.3 Å². The summed E-state index contributed by atoms with van der Waals surface area (Å²) >= 11 is 0. The van der Waals surface area contributed by atoms with Gasteiger partial charge in [0.25, 0.3) is 0 Å². The summed E-state index contributed by atoms with van der Waals surface area (Å²) in [5.74, 6) is -0.458. The maximum atomic E-state index is 12.6. The molecule has 5 aliphatic rings. The van der Waals surface area contributed by atoms with Gasteiger partial charge in [-0.3, -0.25) is 0 Å². The average molecular weight is 615 g/mol. The van der Waals surface area contributed by atoms with Gasteiger partial charge in [-0.2, -0.15) is 0 Å². The molecule has 43 heavy (non-hydrogen) atoms. The molecule has 3 unspecified atom stereocenters. The van der Waals surface area contributed by atoms with Crippen molar-refractivity contribution in [3.8, 4) is 0 Å². The van der Waals surface area contributed by atoms with Crippen LogP contribution < -0.4 is 0 Å². The lowest BCUT2D eigenvalue weighted by atomic mass is 9.41. The molecule has 4 aliphatic carbocycles. The van der Waals surface area contributed by atoms with Crippen LogP contribution in [-0.4, -0.2) is 110 Å². The number of ether oxygens (including phenoxy) is 3. The number of hydrogen-bond donors (Lipinski definition) is 7. The molecule has 10 nitrogen and oxygen atoms in total. The third-order valence-corrected chi connectivity index (χ3v) is 13.2. The number of fused-ring (bicyclic) bond motifs is 5. The molecule has 5 fully saturated rings. The van der Waals surface area contributed by atoms with Gasteiger partial charge in [-0.15, -0.1) is 0 Å². The van der Waals surface area contributed by atoms with Crippen molar-refractivity contribution in [3.63, 3.8) is 0 Å². The van der Waals surface area contributed by atoms with Crippen LogP contribution in [0.4, 0.5) is 0 Å². The van der Waals surface area contributed by atoms with Crippen molar-refractivity contribution < 1.29 is 50.0 Å². The molecule has 1 aliphatic heterocycles. The maximum absolute atomic E-state index is 12.6. The second-order valence-electron chi connectivity index (χ2n) is 15.8. The molecule has 0 bridgehead atoms. The minimum atomic E-state index is -1.27. The van der Waals surface area contributed by atoms with E-state index >= 15 is 0 Å². The Balaban J connectivity index is 1.34. The van der Waals surface area contributed by atoms with Crippen LogP contribution in [0.5, 0.6) is 0 Å². The van der Waals surface area contributed by atoms with Gasteiger partial charge in [0.2, 0.25) is 0 Å². The SMILES string of the molecule is CO[C@H]1[C@H](O[C@H]2CC[C@@]3(C)C(C(O)C[C@]4(O)C3CC[C@]3(C)[C@@H]([C@H](C)CC[C@H](O)C(C)C)C[C@@H](O)[C@H]34)[C@H]2O)OC[C@@H](O)[C@@H]1O. The first-order chi connectivity index (χ1) is 20.1. The van der Waals surface area contributed by atoms with E-state index in [1.165, 1.54) is 7.11 Å². The number of aliphatic hydroxyl groups is 7. The normalized spacial score (nSPS) is 53.2. The van der Waals surface area contributed by atoms with E-state index in [-0.39, 0.29) is 54.1 Å². The van der Waals surface area contributed by atoms with Crippen molar-refractivity contribution in [1.29, 1.82) is 0 Å². The van der Waals surface area contributed by atoms with E-state index in [0.717, 1.165) is 25.7 Å². The Hall–Kier alpha value is -0.400. The minimum absolute atomic E-state index is 0.0811. The van der Waals surface area contributed by atoms with Crippen LogP contribution in [0.2, 0.25) is 0 Å². The second kappa shape index (κ2) is 12.3. The molecular weight excluding hydrogens is 556 g/mol. The van der Waals surface area contributed by atoms with Gasteiger partial charge in [0.15, 0.2) is 6.29 Å². The highest BCUT2D eigenvalue weighted by Gasteiger charge is 2.72. The summed E-state index contributed by atoms with van der Waals surface area (Å²) in [4.78, 5) is 0. The fourth-order valence-corrected chi connectivity index (χ4v) is 10.9. The summed E-state index contributed by atoms with van der Waals surface area (Å²) in [6, 6.07) is 0. The fourth-order valence-electron chi connectivity index (χ4n) is 10.9. The molecular formula is C33H58O10. The zero-order chi connectivity index (χ0) is 31.6. The van der Waals surface area contributed by atoms with E-state index in [9.17, 15) is 35.7 Å². The standard InChI is InChI=1S/C33H58O10/c1-16(2)19(34)8-7-17(3)18-13-20(35)29-31(18,4)12-10-24-32(5)11-9-23(27(39)25(32)21(36)14-33(24,29)40)43-30-28(41-6)26(38)22(37)15-42-30/h16-30,34-40H,7-15H2,1-6H3/t17-,18-,19+,20-,21?,22-,23+,24?,25?,26+,27+,28-,29-,30+,31-,32-,33+/m1/s1. The monoisotopic (exact) mass is 614 g/mol. The Morgan fingerprint density at radius 1 is 0.884 bits per heavy atom. The van der Waals surface area contributed by atoms with E-state index in [1.807, 2.05) is 13.8 Å². The summed E-state index contributed by atoms with van der Waals surface area (Å²) in [7, 11) is 1.40. The molecule has 10 heteroatoms. The first-order valence-electron chi connectivity index (χ1n) is 16.7. The van der Waals surface area contributed by atoms with Gasteiger partial charge in [0.05, 0.1) is 42.7 Å². The van der Waals surface area contributed by atoms with Crippen LogP contribution >= 0.6 is 0 Å². The Morgan fingerprint density at radius 2 is 1.56 bits per heavy atom. The molecule has 5 rings (SSSR count). The lowest BCUT2D eigenvalue weighted by Crippen LogP contribution is -2.71. The van der Waals surface area contributed by atoms with Gasteiger partial charge in [0, 0.05) is 25.4 Å². The highest BCUT2D eigenvalue weighted by atomic mass is 16.7. The zero-order valence-electron chi connectivity index (χ0n) is 26.9. The van der Waals surface area contributed by atoms with Crippen molar-refractivity contribution in [3.05, 3.63) is 0 Å². The zero-order valence-corrected chi connectivity index (χ0v) is 26.9. The van der Waals surface area contributed by atoms with Crippen LogP contribution in [0.15, 0.2) is 0 Å². The topological polar surface area (TPSA) is 169 Å². The van der Waals surface area contributed by atoms with Gasteiger partial charge >= 0.3 is 0 Å². The predicted molar refractivity (Wildman–Crippen MR) is 158 cm³/mol. The minimum Gasteiger partial charge on any atom is -0.393 e. The summed E-state index contributed by atoms with van der Waals surface area (Å²) < 4.78 is 17.2. The van der Waals surface area contributed by atoms with E-state index in [2.05, 4.69) is 20.8 Å². The number of methoxy groups -OCH3 is 1. The van der Waals surface area contributed by atoms with Crippen LogP contribution in [0, 0.1) is 46.3 Å². The molecule has 1 heterocycles. The lowest BCUT2D eigenvalue weighted by molar-refractivity contribution is -0.320. The van der Waals surface area contributed by atoms with Crippen molar-refractivity contribution in [2.45, 2.75) is 147 Å². The van der Waals surface area contributed by atoms with E-state index < -0.39 is 66.0 Å². The van der Waals surface area contributed by atoms with Crippen molar-refractivity contribution >= 4 is 0 Å². The fraction of sp³-hybridized carbons (Fsp3) is 1.00. The van der Waals surface area contributed by atoms with Crippen LogP contribution in [-0.2, 0) is 14.2 Å². The highest BCUT2D eigenvalue weighted by molar-refractivity contribution is 5.21. The number of hydrogen-bond acceptors (Lipinski definition) is 10. The summed E-state index contributed by atoms with van der Waals surface area (Å²) in [6.45, 7) is 10.4. The molecule has 17 atom stereocenters. The van der Waals surface area contributed by atoms with Gasteiger partial charge < -0.3 is 50.0 Å². The molecule has 7 N–H and O–H groups in total. The Bertz CT molecular complexity index is 966. The molecule has 0 spiro atoms. The van der Waals surface area contributed by atoms with Gasteiger partial charge in [-0.25, -0.2) is 0 Å². The van der Waals surface area contributed by atoms with Crippen molar-refractivity contribution in [2.24, 2.45) is 46.3 Å². The number of rotatable bonds is 8. The average Bonchev–Trinajstić information content (AvgIpc) is 3.21. The van der Waals surface area contributed by atoms with Crippen molar-refractivity contribution in [2.75, 3.05) is 13.7 Å². The Labute approximate surface area is 256 Å². The molecule has 0 aromatic heterocycles. The molecule has 0 aromatic rings. The van der Waals surface area contributed by atoms with Gasteiger partial charge in [0.1, 0.15) is 18.3 Å². The quantitative estimate of drug-likeness (QED) is 0.199. The smallest absolute Gasteiger partial charge is 0.186 e. The summed E-state index contributed by atoms with van der Waals surface area (Å²) in [5.41, 5.74) is -2.15. The Kier molecular flexibility index (Phi) is 9.73. The molecule has 0 aromatic carbocycles. The lowest BCUT2D eigenvalue weighted by Gasteiger charge is -2.66. The summed E-state index contributed by atoms with van der Waals surface area (Å²) in [6.07, 6.45) is -3.02. The molecule has 4 saturated carbocycles. The van der Waals surface area contributed by atoms with E-state index in [1.54, 1.807) is 0 Å². The molecule has 1 saturated heterocycles. The molecule has 0 amide bonds. The first kappa shape index (κ1) is 33.9. The van der Waals surface area contributed by atoms with Crippen LogP contribution in [0.1, 0.15) is 86.0 Å². The van der Waals surface area contributed by atoms with Gasteiger partial charge in [-0.1, -0.05) is 34.6 Å². The van der Waals surface area contributed by atoms with Crippen molar-refractivity contribution in [1.82, 2.24) is 0 Å². The third-order valence-electron chi connectivity index (χ3n) is 13.2.